The number of aromatic hydroxyl groups is 1. The summed E-state index contributed by atoms with van der Waals surface area (Å²) in [7, 11) is 0. The van der Waals surface area contributed by atoms with Crippen LogP contribution in [0.25, 0.3) is 30.6 Å². The highest BCUT2D eigenvalue weighted by Crippen LogP contribution is 2.41. The molecule has 0 atom stereocenters. The Hall–Kier alpha value is -8.09. The van der Waals surface area contributed by atoms with E-state index in [2.05, 4.69) is 45.6 Å². The number of anilines is 3. The number of nitrogens with zero attached hydrogens (tertiary/aromatic N) is 9. The van der Waals surface area contributed by atoms with Crippen molar-refractivity contribution in [2.24, 2.45) is 0 Å². The molecule has 3 aromatic heterocycles. The second kappa shape index (κ2) is 41.4. The van der Waals surface area contributed by atoms with Crippen molar-refractivity contribution < 1.29 is 82.9 Å². The van der Waals surface area contributed by atoms with Crippen LogP contribution >= 0.6 is 92.8 Å². The fraction of sp³-hybridized carbons (Fsp3) is 0.451. The molecule has 9 aromatic rings. The van der Waals surface area contributed by atoms with Crippen molar-refractivity contribution in [2.45, 2.75) is 161 Å². The molecule has 9 heterocycles. The van der Waals surface area contributed by atoms with E-state index in [0.717, 1.165) is 148 Å². The molecule has 21 nitrogen and oxygen atoms in total. The number of halogens is 14. The fourth-order valence-corrected chi connectivity index (χ4v) is 19.0. The van der Waals surface area contributed by atoms with E-state index in [1.807, 2.05) is 0 Å². The monoisotopic (exact) mass is 1830 g/mol. The van der Waals surface area contributed by atoms with Crippen LogP contribution < -0.4 is 25.4 Å². The number of rotatable bonds is 11. The quantitative estimate of drug-likeness (QED) is 0.0535. The van der Waals surface area contributed by atoms with Crippen LogP contribution in [0.1, 0.15) is 168 Å². The lowest BCUT2D eigenvalue weighted by Gasteiger charge is -2.39. The molecule has 0 radical (unpaired) electrons. The van der Waals surface area contributed by atoms with Gasteiger partial charge in [-0.05, 0) is 256 Å². The molecule has 0 bridgehead atoms. The van der Waals surface area contributed by atoms with Gasteiger partial charge >= 0.3 is 36.1 Å². The lowest BCUT2D eigenvalue weighted by molar-refractivity contribution is -0.138. The van der Waals surface area contributed by atoms with E-state index in [0.29, 0.717) is 77.5 Å². The zero-order valence-electron chi connectivity index (χ0n) is 64.8. The van der Waals surface area contributed by atoms with Crippen LogP contribution in [0.3, 0.4) is 0 Å². The molecule has 648 valence electrons. The molecule has 0 aliphatic carbocycles. The first-order chi connectivity index (χ1) is 56.1. The molecule has 0 spiro atoms. The van der Waals surface area contributed by atoms with E-state index in [1.165, 1.54) is 113 Å². The molecule has 6 amide bonds. The maximum absolute atomic E-state index is 13.2. The summed E-state index contributed by atoms with van der Waals surface area (Å²) in [5.74, 6) is -1.98. The van der Waals surface area contributed by atoms with Crippen LogP contribution in [0.4, 0.5) is 69.3 Å². The van der Waals surface area contributed by atoms with Gasteiger partial charge in [-0.25, -0.2) is 24.5 Å². The predicted molar refractivity (Wildman–Crippen MR) is 455 cm³/mol. The Bertz CT molecular complexity index is 4930. The molecular formula is C82H90Cl5F9N12O9S3. The molecule has 15 rings (SSSR count). The van der Waals surface area contributed by atoms with Gasteiger partial charge in [-0.3, -0.25) is 35.1 Å². The summed E-state index contributed by atoms with van der Waals surface area (Å²) in [6.45, 7) is 15.8. The van der Waals surface area contributed by atoms with Crippen molar-refractivity contribution in [3.05, 3.63) is 156 Å². The Morgan fingerprint density at radius 2 is 0.683 bits per heavy atom. The summed E-state index contributed by atoms with van der Waals surface area (Å²) in [6, 6.07) is 20.0. The summed E-state index contributed by atoms with van der Waals surface area (Å²) in [6.07, 6.45) is 2.66. The van der Waals surface area contributed by atoms with E-state index in [4.69, 9.17) is 55.9 Å². The first kappa shape index (κ1) is 94.2. The Kier molecular flexibility index (Phi) is 32.5. The molecule has 6 aliphatic heterocycles. The van der Waals surface area contributed by atoms with E-state index < -0.39 is 65.1 Å². The van der Waals surface area contributed by atoms with E-state index in [-0.39, 0.29) is 104 Å². The number of aryl methyl sites for hydroxylation is 3. The van der Waals surface area contributed by atoms with Crippen molar-refractivity contribution in [1.29, 1.82) is 0 Å². The standard InChI is InChI=1S/2C27H28ClF3N4O3S.C16H10ClF3N2O2S.C11H19ClN2O.CH4.ClH/c2*1-16-13-18(28)15-20(24(36)33-25-32-21-6-5-17(27(29,30)31)14-22(21)39-25)23(16)38-26(37)35-11-7-19(8-12-35)34-9-3-2-4-10-34;1-7-4-9(17)6-10(13(7)23)14(24)22-15-21-11-3-2-8(16(18,19)20)5-12(11)25-15;12-11(15)14-8-4-10(5-9-14)13-6-2-1-3-7-13;;/h2*5-6,13-15,19H,2-4,7-12H2,1H3,(H,32,33,36);2-6,23H,1H3,(H,21,22,24);10H,1-9H2;1H4;1H. The van der Waals surface area contributed by atoms with Crippen molar-refractivity contribution in [3.8, 4) is 17.2 Å². The summed E-state index contributed by atoms with van der Waals surface area (Å²) >= 11 is 26.5. The van der Waals surface area contributed by atoms with Crippen LogP contribution in [0.15, 0.2) is 91.0 Å². The molecule has 120 heavy (non-hydrogen) atoms. The summed E-state index contributed by atoms with van der Waals surface area (Å²) in [5, 5.41) is 18.6. The number of amides is 6. The van der Waals surface area contributed by atoms with Crippen LogP contribution in [0.2, 0.25) is 15.1 Å². The van der Waals surface area contributed by atoms with Gasteiger partial charge in [-0.15, -0.1) is 12.4 Å². The van der Waals surface area contributed by atoms with Gasteiger partial charge in [0.05, 0.1) is 64.0 Å². The number of phenolic OH excluding ortho intramolecular Hbond substituents is 1. The van der Waals surface area contributed by atoms with Gasteiger partial charge in [0.25, 0.3) is 17.7 Å². The number of piperidine rings is 6. The van der Waals surface area contributed by atoms with E-state index in [9.17, 15) is 73.4 Å². The number of nitrogens with one attached hydrogen (secondary N) is 3. The van der Waals surface area contributed by atoms with Gasteiger partial charge in [-0.1, -0.05) is 95.5 Å². The molecule has 6 aromatic carbocycles. The second-order valence-electron chi connectivity index (χ2n) is 29.7. The van der Waals surface area contributed by atoms with Crippen LogP contribution in [-0.4, -0.2) is 181 Å². The normalized spacial score (nSPS) is 16.9. The predicted octanol–water partition coefficient (Wildman–Crippen LogP) is 22.5. The summed E-state index contributed by atoms with van der Waals surface area (Å²) in [4.78, 5) is 101. The summed E-state index contributed by atoms with van der Waals surface area (Å²) in [5.41, 5.74) is 0.0642. The van der Waals surface area contributed by atoms with Crippen LogP contribution in [0, 0.1) is 20.8 Å². The minimum atomic E-state index is -4.48. The second-order valence-corrected chi connectivity index (χ2v) is 34.4. The SMILES string of the molecule is C.Cc1cc(Cl)cc(C(=O)Nc2nc3ccc(C(F)(F)F)cc3s2)c1O.Cc1cc(Cl)cc(C(=O)Nc2nc3ccc(C(F)(F)F)cc3s2)c1OC(=O)N1CCC(N2CCCCC2)CC1.Cc1cc(Cl)cc(C(=O)Nc2nc3ccc(C(F)(F)F)cc3s2)c1OC(=O)N1CCC(N2CCCCC2)CC1.Cl.O=C(Cl)N1CCC(N2CCCCC2)CC1. The van der Waals surface area contributed by atoms with E-state index >= 15 is 0 Å². The Balaban J connectivity index is 0.000000176. The molecular weight excluding hydrogens is 1740 g/mol. The van der Waals surface area contributed by atoms with Gasteiger partial charge in [0.1, 0.15) is 17.2 Å². The lowest BCUT2D eigenvalue weighted by Crippen LogP contribution is -2.48. The number of hydrogen-bond donors (Lipinski definition) is 4. The number of hydrogen-bond acceptors (Lipinski definition) is 18. The van der Waals surface area contributed by atoms with E-state index in [1.54, 1.807) is 47.6 Å². The number of thiazole rings is 3. The highest BCUT2D eigenvalue weighted by Gasteiger charge is 2.37. The lowest BCUT2D eigenvalue weighted by atomic mass is 10.0. The number of carbonyl (C=O) groups excluding carboxylic acids is 6. The third-order valence-electron chi connectivity index (χ3n) is 21.5. The average Bonchev–Trinajstić information content (AvgIpc) is 1.26. The van der Waals surface area contributed by atoms with Crippen LogP contribution in [0.5, 0.6) is 17.2 Å². The number of fused-ring (bicyclic) bond motifs is 3. The minimum absolute atomic E-state index is 0. The molecule has 6 fully saturated rings. The zero-order chi connectivity index (χ0) is 84.5. The van der Waals surface area contributed by atoms with Gasteiger partial charge in [-0.2, -0.15) is 39.5 Å². The Labute approximate surface area is 725 Å². The Morgan fingerprint density at radius 3 is 0.975 bits per heavy atom. The molecule has 0 saturated carbocycles. The highest BCUT2D eigenvalue weighted by atomic mass is 35.5. The first-order valence-electron chi connectivity index (χ1n) is 38.7. The van der Waals surface area contributed by atoms with Gasteiger partial charge in [0.15, 0.2) is 15.4 Å². The number of aromatic nitrogens is 3. The number of alkyl halides is 9. The van der Waals surface area contributed by atoms with Crippen molar-refractivity contribution in [1.82, 2.24) is 44.4 Å². The van der Waals surface area contributed by atoms with Crippen molar-refractivity contribution in [2.75, 3.05) is 94.5 Å². The van der Waals surface area contributed by atoms with Gasteiger partial charge in [0, 0.05) is 72.5 Å². The molecule has 38 heteroatoms. The molecule has 4 N–H and O–H groups in total. The zero-order valence-corrected chi connectivity index (χ0v) is 71.1. The number of ether oxygens (including phenoxy) is 2. The molecule has 6 saturated heterocycles. The van der Waals surface area contributed by atoms with Crippen LogP contribution in [-0.2, 0) is 18.5 Å². The fourth-order valence-electron chi connectivity index (χ4n) is 15.3. The third kappa shape index (κ3) is 24.5. The number of phenols is 1. The molecule has 0 unspecified atom stereocenters. The average molecular weight is 1830 g/mol. The third-order valence-corrected chi connectivity index (χ3v) is 25.2. The maximum atomic E-state index is 13.2. The number of likely N-dealkylation sites (tertiary alicyclic amines) is 6. The smallest absolute Gasteiger partial charge is 0.416 e. The minimum Gasteiger partial charge on any atom is -0.507 e. The van der Waals surface area contributed by atoms with Gasteiger partial charge in [0.2, 0.25) is 0 Å². The Morgan fingerprint density at radius 1 is 0.408 bits per heavy atom. The van der Waals surface area contributed by atoms with Gasteiger partial charge < -0.3 is 44.0 Å². The first-order valence-corrected chi connectivity index (χ1v) is 42.6. The van der Waals surface area contributed by atoms with Crippen molar-refractivity contribution in [3.63, 3.8) is 0 Å². The largest absolute Gasteiger partial charge is 0.507 e. The van der Waals surface area contributed by atoms with Crippen molar-refractivity contribution >= 4 is 174 Å². The molecule has 6 aliphatic rings. The number of carbonyl (C=O) groups is 6. The highest BCUT2D eigenvalue weighted by molar-refractivity contribution is 7.23. The number of benzene rings is 6. The maximum Gasteiger partial charge on any atom is 0.416 e. The summed E-state index contributed by atoms with van der Waals surface area (Å²) < 4.78 is 129. The topological polar surface area (TPSA) is 235 Å².